The van der Waals surface area contributed by atoms with Gasteiger partial charge in [0.25, 0.3) is 0 Å². The molecule has 2 rings (SSSR count). The summed E-state index contributed by atoms with van der Waals surface area (Å²) in [6, 6.07) is 0.177. The number of aliphatic carboxylic acids is 1. The van der Waals surface area contributed by atoms with Gasteiger partial charge in [-0.3, -0.25) is 4.79 Å². The average molecular weight is 342 g/mol. The van der Waals surface area contributed by atoms with Crippen molar-refractivity contribution in [3.63, 3.8) is 0 Å². The van der Waals surface area contributed by atoms with E-state index < -0.39 is 5.97 Å². The van der Waals surface area contributed by atoms with Gasteiger partial charge in [-0.25, -0.2) is 9.97 Å². The van der Waals surface area contributed by atoms with Gasteiger partial charge in [0.15, 0.2) is 0 Å². The summed E-state index contributed by atoms with van der Waals surface area (Å²) in [5, 5.41) is 9.01. The van der Waals surface area contributed by atoms with E-state index in [2.05, 4.69) is 30.8 Å². The van der Waals surface area contributed by atoms with Crippen LogP contribution in [0.1, 0.15) is 19.8 Å². The number of rotatable bonds is 2. The van der Waals surface area contributed by atoms with Crippen LogP contribution in [0.2, 0.25) is 0 Å². The molecule has 0 aromatic carbocycles. The maximum atomic E-state index is 11.0. The van der Waals surface area contributed by atoms with Gasteiger partial charge in [0.2, 0.25) is 0 Å². The molecule has 0 radical (unpaired) electrons. The number of hydrogen-bond donors (Lipinski definition) is 1. The standard InChI is InChI=1S/C11H14BrN3O2.Li.2H2O/c1-7-4-8(11(16)17)2-3-15(7)10-9(12)5-13-6-14-10;;;/h5-8H,2-4H2,1H3,(H,16,17);;2*1H2/q;+1;;/p-1/t7-,8-;;;/m1.../s1. The first-order valence-corrected chi connectivity index (χ1v) is 6.34. The summed E-state index contributed by atoms with van der Waals surface area (Å²) in [4.78, 5) is 21.3. The van der Waals surface area contributed by atoms with Gasteiger partial charge in [0.05, 0.1) is 10.4 Å². The number of hydrogen-bond acceptors (Lipinski definition) is 5. The van der Waals surface area contributed by atoms with Gasteiger partial charge < -0.3 is 21.0 Å². The second kappa shape index (κ2) is 9.31. The van der Waals surface area contributed by atoms with Crippen LogP contribution >= 0.6 is 15.9 Å². The van der Waals surface area contributed by atoms with Crippen molar-refractivity contribution in [1.29, 1.82) is 0 Å². The topological polar surface area (TPSA) is 128 Å². The molecular weight excluding hydrogens is 325 g/mol. The normalized spacial score (nSPS) is 21.0. The van der Waals surface area contributed by atoms with Gasteiger partial charge in [0, 0.05) is 18.8 Å². The third-order valence-corrected chi connectivity index (χ3v) is 3.71. The molecule has 0 saturated carbocycles. The number of piperidine rings is 1. The first-order valence-electron chi connectivity index (χ1n) is 5.54. The molecule has 7 nitrogen and oxygen atoms in total. The van der Waals surface area contributed by atoms with Crippen LogP contribution in [-0.4, -0.2) is 44.6 Å². The number of carboxylic acids is 1. The molecule has 1 aromatic rings. The second-order valence-electron chi connectivity index (χ2n) is 4.30. The van der Waals surface area contributed by atoms with Crippen molar-refractivity contribution in [3.8, 4) is 0 Å². The predicted molar refractivity (Wildman–Crippen MR) is 72.4 cm³/mol. The summed E-state index contributed by atoms with van der Waals surface area (Å²) in [7, 11) is 0. The van der Waals surface area contributed by atoms with Crippen molar-refractivity contribution in [1.82, 2.24) is 9.97 Å². The van der Waals surface area contributed by atoms with Crippen LogP contribution < -0.4 is 23.8 Å². The van der Waals surface area contributed by atoms with Gasteiger partial charge in [-0.2, -0.15) is 0 Å². The van der Waals surface area contributed by atoms with Gasteiger partial charge in [-0.05, 0) is 35.7 Å². The summed E-state index contributed by atoms with van der Waals surface area (Å²) in [6.07, 6.45) is 4.54. The molecule has 1 aliphatic heterocycles. The Morgan fingerprint density at radius 2 is 2.20 bits per heavy atom. The third-order valence-electron chi connectivity index (χ3n) is 3.15. The van der Waals surface area contributed by atoms with Crippen molar-refractivity contribution in [2.75, 3.05) is 11.4 Å². The van der Waals surface area contributed by atoms with Crippen LogP contribution in [0.25, 0.3) is 0 Å². The van der Waals surface area contributed by atoms with E-state index in [4.69, 9.17) is 5.11 Å². The van der Waals surface area contributed by atoms with Gasteiger partial charge in [-0.15, -0.1) is 0 Å². The number of anilines is 1. The number of nitrogens with zero attached hydrogens (tertiary/aromatic N) is 3. The van der Waals surface area contributed by atoms with E-state index in [0.29, 0.717) is 19.4 Å². The van der Waals surface area contributed by atoms with E-state index in [1.807, 2.05) is 6.92 Å². The van der Waals surface area contributed by atoms with E-state index >= 15 is 0 Å². The van der Waals surface area contributed by atoms with Crippen LogP contribution in [0.15, 0.2) is 17.0 Å². The smallest absolute Gasteiger partial charge is 0.870 e. The van der Waals surface area contributed by atoms with Crippen molar-refractivity contribution < 1.29 is 39.7 Å². The summed E-state index contributed by atoms with van der Waals surface area (Å²) >= 11 is 3.42. The molecule has 0 aliphatic carbocycles. The first kappa shape index (κ1) is 21.6. The quantitative estimate of drug-likeness (QED) is 0.615. The fourth-order valence-corrected chi connectivity index (χ4v) is 2.68. The molecule has 2 heterocycles. The molecule has 1 aromatic heterocycles. The second-order valence-corrected chi connectivity index (χ2v) is 5.15. The van der Waals surface area contributed by atoms with Gasteiger partial charge in [-0.1, -0.05) is 0 Å². The summed E-state index contributed by atoms with van der Waals surface area (Å²) in [5.41, 5.74) is 0. The van der Waals surface area contributed by atoms with Crippen molar-refractivity contribution in [3.05, 3.63) is 17.0 Å². The Bertz CT molecular complexity index is 438. The van der Waals surface area contributed by atoms with Gasteiger partial charge in [0.1, 0.15) is 12.1 Å². The van der Waals surface area contributed by atoms with Crippen LogP contribution in [0.4, 0.5) is 5.82 Å². The maximum absolute atomic E-state index is 11.0. The maximum Gasteiger partial charge on any atom is 1.00 e. The Morgan fingerprint density at radius 1 is 1.55 bits per heavy atom. The minimum Gasteiger partial charge on any atom is -0.870 e. The number of carbonyl (C=O) groups is 1. The zero-order chi connectivity index (χ0) is 12.4. The average Bonchev–Trinajstić information content (AvgIpc) is 2.30. The Morgan fingerprint density at radius 3 is 2.70 bits per heavy atom. The molecule has 9 heteroatoms. The Labute approximate surface area is 137 Å². The SMILES string of the molecule is C[C@@H]1C[C@H](C(=O)O)CCN1c1ncncc1Br.O.[Li+].[OH-]. The fraction of sp³-hybridized carbons (Fsp3) is 0.545. The summed E-state index contributed by atoms with van der Waals surface area (Å²) in [6.45, 7) is 2.75. The van der Waals surface area contributed by atoms with Crippen LogP contribution in [-0.2, 0) is 4.79 Å². The number of aromatic nitrogens is 2. The van der Waals surface area contributed by atoms with Crippen LogP contribution in [0.3, 0.4) is 0 Å². The molecular formula is C11H17BrLiN3O4. The van der Waals surface area contributed by atoms with E-state index in [0.717, 1.165) is 10.3 Å². The minimum atomic E-state index is -0.696. The summed E-state index contributed by atoms with van der Waals surface area (Å²) in [5.74, 6) is -0.0866. The molecule has 0 amide bonds. The van der Waals surface area contributed by atoms with E-state index in [9.17, 15) is 4.79 Å². The van der Waals surface area contributed by atoms with Crippen molar-refractivity contribution in [2.24, 2.45) is 5.92 Å². The number of halogens is 1. The molecule has 4 N–H and O–H groups in total. The fourth-order valence-electron chi connectivity index (χ4n) is 2.23. The summed E-state index contributed by atoms with van der Waals surface area (Å²) < 4.78 is 0.848. The number of carboxylic acid groups (broad SMARTS) is 1. The molecule has 0 unspecified atom stereocenters. The largest absolute Gasteiger partial charge is 1.00 e. The van der Waals surface area contributed by atoms with E-state index in [-0.39, 0.29) is 41.8 Å². The van der Waals surface area contributed by atoms with Crippen molar-refractivity contribution in [2.45, 2.75) is 25.8 Å². The Hall–Kier alpha value is -0.653. The van der Waals surface area contributed by atoms with Crippen LogP contribution in [0, 0.1) is 5.92 Å². The molecule has 1 fully saturated rings. The Kier molecular flexibility index (Phi) is 10.1. The zero-order valence-electron chi connectivity index (χ0n) is 11.5. The zero-order valence-corrected chi connectivity index (χ0v) is 13.0. The monoisotopic (exact) mass is 341 g/mol. The first-order chi connectivity index (χ1) is 8.09. The molecule has 20 heavy (non-hydrogen) atoms. The molecule has 0 bridgehead atoms. The third kappa shape index (κ3) is 4.72. The molecule has 1 aliphatic rings. The molecule has 108 valence electrons. The van der Waals surface area contributed by atoms with E-state index in [1.54, 1.807) is 6.20 Å². The molecule has 2 atom stereocenters. The van der Waals surface area contributed by atoms with Crippen LogP contribution in [0.5, 0.6) is 0 Å². The minimum absolute atomic E-state index is 0. The Balaban J connectivity index is 0. The van der Waals surface area contributed by atoms with E-state index in [1.165, 1.54) is 6.33 Å². The predicted octanol–water partition coefficient (Wildman–Crippen LogP) is -2.07. The van der Waals surface area contributed by atoms with Crippen molar-refractivity contribution >= 4 is 27.7 Å². The van der Waals surface area contributed by atoms with Gasteiger partial charge >= 0.3 is 24.8 Å². The molecule has 1 saturated heterocycles. The molecule has 0 spiro atoms.